The molecule has 108 valence electrons. The number of nitrogens with one attached hydrogen (secondary N) is 1. The van der Waals surface area contributed by atoms with E-state index >= 15 is 0 Å². The highest BCUT2D eigenvalue weighted by Crippen LogP contribution is 2.24. The van der Waals surface area contributed by atoms with E-state index in [4.69, 9.17) is 0 Å². The predicted molar refractivity (Wildman–Crippen MR) is 87.5 cm³/mol. The van der Waals surface area contributed by atoms with Crippen molar-refractivity contribution in [3.05, 3.63) is 51.5 Å². The number of thiazole rings is 1. The van der Waals surface area contributed by atoms with Crippen molar-refractivity contribution in [1.82, 2.24) is 10.3 Å². The lowest BCUT2D eigenvalue weighted by Gasteiger charge is -2.16. The molecule has 0 aliphatic heterocycles. The van der Waals surface area contributed by atoms with Gasteiger partial charge >= 0.3 is 0 Å². The first kappa shape index (κ1) is 15.2. The molecule has 2 aromatic rings. The Morgan fingerprint density at radius 1 is 1.20 bits per heavy atom. The molecule has 0 fully saturated rings. The zero-order chi connectivity index (χ0) is 14.5. The summed E-state index contributed by atoms with van der Waals surface area (Å²) in [5.41, 5.74) is 2.79. The average Bonchev–Trinajstić information content (AvgIpc) is 2.85. The van der Waals surface area contributed by atoms with Crippen molar-refractivity contribution in [1.29, 1.82) is 0 Å². The largest absolute Gasteiger partial charge is 0.309 e. The normalized spacial score (nSPS) is 12.8. The molecule has 1 heterocycles. The van der Waals surface area contributed by atoms with Gasteiger partial charge in [0, 0.05) is 17.1 Å². The third-order valence-electron chi connectivity index (χ3n) is 3.52. The summed E-state index contributed by atoms with van der Waals surface area (Å²) in [4.78, 5) is 5.71. The van der Waals surface area contributed by atoms with E-state index in [0.29, 0.717) is 12.0 Å². The lowest BCUT2D eigenvalue weighted by molar-refractivity contribution is 0.557. The number of aryl methyl sites for hydroxylation is 1. The Hall–Kier alpha value is -1.19. The van der Waals surface area contributed by atoms with Crippen LogP contribution in [0.2, 0.25) is 0 Å². The summed E-state index contributed by atoms with van der Waals surface area (Å²) in [6.07, 6.45) is 3.03. The van der Waals surface area contributed by atoms with Crippen LogP contribution in [0.4, 0.5) is 0 Å². The van der Waals surface area contributed by atoms with Crippen LogP contribution in [0.25, 0.3) is 0 Å². The van der Waals surface area contributed by atoms with Gasteiger partial charge in [-0.15, -0.1) is 11.3 Å². The molecular formula is C17H24N2S. The van der Waals surface area contributed by atoms with Crippen molar-refractivity contribution in [2.24, 2.45) is 0 Å². The minimum Gasteiger partial charge on any atom is -0.309 e. The highest BCUT2D eigenvalue weighted by atomic mass is 32.1. The molecule has 0 aliphatic carbocycles. The number of aromatic nitrogens is 1. The fourth-order valence-electron chi connectivity index (χ4n) is 2.33. The van der Waals surface area contributed by atoms with Gasteiger partial charge in [-0.05, 0) is 36.9 Å². The van der Waals surface area contributed by atoms with Crippen molar-refractivity contribution in [3.8, 4) is 0 Å². The Morgan fingerprint density at radius 3 is 2.40 bits per heavy atom. The summed E-state index contributed by atoms with van der Waals surface area (Å²) >= 11 is 1.79. The Balaban J connectivity index is 2.11. The van der Waals surface area contributed by atoms with Gasteiger partial charge < -0.3 is 5.32 Å². The van der Waals surface area contributed by atoms with Gasteiger partial charge in [-0.2, -0.15) is 0 Å². The third kappa shape index (κ3) is 3.90. The topological polar surface area (TPSA) is 24.9 Å². The van der Waals surface area contributed by atoms with Gasteiger partial charge in [-0.3, -0.25) is 0 Å². The number of benzene rings is 1. The molecule has 1 atom stereocenters. The van der Waals surface area contributed by atoms with Crippen LogP contribution in [0.15, 0.2) is 30.5 Å². The quantitative estimate of drug-likeness (QED) is 0.848. The molecule has 0 radical (unpaired) electrons. The first-order valence-corrected chi connectivity index (χ1v) is 8.16. The fourth-order valence-corrected chi connectivity index (χ4v) is 3.19. The van der Waals surface area contributed by atoms with Gasteiger partial charge in [0.1, 0.15) is 0 Å². The molecule has 1 N–H and O–H groups in total. The Labute approximate surface area is 126 Å². The highest BCUT2D eigenvalue weighted by Gasteiger charge is 2.14. The van der Waals surface area contributed by atoms with Crippen LogP contribution in [-0.4, -0.2) is 11.5 Å². The zero-order valence-electron chi connectivity index (χ0n) is 12.8. The first-order chi connectivity index (χ1) is 9.60. The van der Waals surface area contributed by atoms with Gasteiger partial charge in [0.25, 0.3) is 0 Å². The Morgan fingerprint density at radius 2 is 1.90 bits per heavy atom. The molecule has 1 aromatic heterocycles. The Bertz CT molecular complexity index is 528. The number of likely N-dealkylation sites (N-methyl/N-ethyl adjacent to an activating group) is 1. The summed E-state index contributed by atoms with van der Waals surface area (Å²) in [6, 6.07) is 9.39. The third-order valence-corrected chi connectivity index (χ3v) is 4.55. The molecule has 0 saturated heterocycles. The molecule has 0 bridgehead atoms. The van der Waals surface area contributed by atoms with Gasteiger partial charge in [0.2, 0.25) is 0 Å². The zero-order valence-corrected chi connectivity index (χ0v) is 13.6. The number of hydrogen-bond acceptors (Lipinski definition) is 3. The van der Waals surface area contributed by atoms with Crippen molar-refractivity contribution in [2.45, 2.75) is 46.1 Å². The fraction of sp³-hybridized carbons (Fsp3) is 0.471. The van der Waals surface area contributed by atoms with Gasteiger partial charge in [-0.1, -0.05) is 45.0 Å². The number of nitrogens with zero attached hydrogens (tertiary/aromatic N) is 1. The molecule has 0 spiro atoms. The second kappa shape index (κ2) is 7.00. The smallest absolute Gasteiger partial charge is 0.0897 e. The lowest BCUT2D eigenvalue weighted by Crippen LogP contribution is -2.22. The summed E-state index contributed by atoms with van der Waals surface area (Å²) in [5, 5.41) is 4.71. The maximum absolute atomic E-state index is 4.38. The molecule has 1 aromatic carbocycles. The SMILES string of the molecule is CCNC(Cc1ccc(C(C)C)cc1)c1cnc(C)s1. The van der Waals surface area contributed by atoms with Crippen LogP contribution in [0.1, 0.15) is 53.7 Å². The van der Waals surface area contributed by atoms with Crippen molar-refractivity contribution in [3.63, 3.8) is 0 Å². The van der Waals surface area contributed by atoms with Crippen molar-refractivity contribution < 1.29 is 0 Å². The van der Waals surface area contributed by atoms with Crippen molar-refractivity contribution >= 4 is 11.3 Å². The van der Waals surface area contributed by atoms with E-state index in [9.17, 15) is 0 Å². The van der Waals surface area contributed by atoms with E-state index in [-0.39, 0.29) is 0 Å². The minimum atomic E-state index is 0.371. The number of hydrogen-bond donors (Lipinski definition) is 1. The maximum Gasteiger partial charge on any atom is 0.0897 e. The number of rotatable bonds is 6. The standard InChI is InChI=1S/C17H24N2S/c1-5-18-16(17-11-19-13(4)20-17)10-14-6-8-15(9-7-14)12(2)3/h6-9,11-12,16,18H,5,10H2,1-4H3. The van der Waals surface area contributed by atoms with Crippen LogP contribution in [-0.2, 0) is 6.42 Å². The van der Waals surface area contributed by atoms with Crippen LogP contribution in [0.5, 0.6) is 0 Å². The molecule has 0 aliphatic rings. The molecule has 3 heteroatoms. The maximum atomic E-state index is 4.38. The van der Waals surface area contributed by atoms with E-state index in [0.717, 1.165) is 18.0 Å². The van der Waals surface area contributed by atoms with Crippen LogP contribution >= 0.6 is 11.3 Å². The van der Waals surface area contributed by atoms with E-state index in [1.807, 2.05) is 6.20 Å². The minimum absolute atomic E-state index is 0.371. The first-order valence-electron chi connectivity index (χ1n) is 7.34. The Kier molecular flexibility index (Phi) is 5.32. The van der Waals surface area contributed by atoms with E-state index in [1.54, 1.807) is 11.3 Å². The molecule has 0 saturated carbocycles. The van der Waals surface area contributed by atoms with Crippen LogP contribution in [0, 0.1) is 6.92 Å². The summed E-state index contributed by atoms with van der Waals surface area (Å²) in [5.74, 6) is 0.595. The van der Waals surface area contributed by atoms with E-state index in [1.165, 1.54) is 16.0 Å². The van der Waals surface area contributed by atoms with Gasteiger partial charge in [0.15, 0.2) is 0 Å². The molecule has 20 heavy (non-hydrogen) atoms. The second-order valence-corrected chi connectivity index (χ2v) is 6.76. The molecular weight excluding hydrogens is 264 g/mol. The lowest BCUT2D eigenvalue weighted by atomic mass is 9.99. The second-order valence-electron chi connectivity index (χ2n) is 5.49. The summed E-state index contributed by atoms with van der Waals surface area (Å²) in [6.45, 7) is 9.66. The summed E-state index contributed by atoms with van der Waals surface area (Å²) < 4.78 is 0. The summed E-state index contributed by atoms with van der Waals surface area (Å²) in [7, 11) is 0. The monoisotopic (exact) mass is 288 g/mol. The molecule has 0 amide bonds. The van der Waals surface area contributed by atoms with Gasteiger partial charge in [-0.25, -0.2) is 4.98 Å². The molecule has 2 rings (SSSR count). The van der Waals surface area contributed by atoms with E-state index < -0.39 is 0 Å². The van der Waals surface area contributed by atoms with Crippen LogP contribution < -0.4 is 5.32 Å². The average molecular weight is 288 g/mol. The highest BCUT2D eigenvalue weighted by molar-refractivity contribution is 7.11. The molecule has 1 unspecified atom stereocenters. The van der Waals surface area contributed by atoms with Crippen LogP contribution in [0.3, 0.4) is 0 Å². The van der Waals surface area contributed by atoms with Crippen molar-refractivity contribution in [2.75, 3.05) is 6.54 Å². The predicted octanol–water partition coefficient (Wildman–Crippen LogP) is 4.47. The molecule has 2 nitrogen and oxygen atoms in total. The van der Waals surface area contributed by atoms with Gasteiger partial charge in [0.05, 0.1) is 5.01 Å². The van der Waals surface area contributed by atoms with E-state index in [2.05, 4.69) is 62.3 Å².